The van der Waals surface area contributed by atoms with Crippen LogP contribution in [-0.4, -0.2) is 40.7 Å². The molecular formula is C27H31F2N3O2. The summed E-state index contributed by atoms with van der Waals surface area (Å²) in [6.45, 7) is 6.96. The normalized spacial score (nSPS) is 18.2. The van der Waals surface area contributed by atoms with Crippen LogP contribution in [0.5, 0.6) is 11.5 Å². The molecule has 1 aliphatic rings. The zero-order valence-electron chi connectivity index (χ0n) is 19.9. The van der Waals surface area contributed by atoms with Crippen molar-refractivity contribution in [2.45, 2.75) is 45.2 Å². The summed E-state index contributed by atoms with van der Waals surface area (Å²) in [6, 6.07) is 14.9. The SMILES string of the molecule is COc1ccc(CN2CCC2(COc2ccc(-c3ccnc(C(F)F)c3)nc2)CC(C)C)cc1. The van der Waals surface area contributed by atoms with Crippen LogP contribution in [0.1, 0.15) is 44.4 Å². The summed E-state index contributed by atoms with van der Waals surface area (Å²) in [5.74, 6) is 2.07. The quantitative estimate of drug-likeness (QED) is 0.357. The number of benzene rings is 1. The third kappa shape index (κ3) is 5.53. The van der Waals surface area contributed by atoms with Crippen molar-refractivity contribution in [3.63, 3.8) is 0 Å². The monoisotopic (exact) mass is 467 g/mol. The van der Waals surface area contributed by atoms with E-state index in [4.69, 9.17) is 9.47 Å². The van der Waals surface area contributed by atoms with Crippen LogP contribution in [0.25, 0.3) is 11.3 Å². The minimum atomic E-state index is -2.61. The van der Waals surface area contributed by atoms with Gasteiger partial charge < -0.3 is 9.47 Å². The van der Waals surface area contributed by atoms with Crippen LogP contribution in [0.2, 0.25) is 0 Å². The molecule has 0 aliphatic carbocycles. The van der Waals surface area contributed by atoms with Crippen molar-refractivity contribution in [1.29, 1.82) is 0 Å². The first-order chi connectivity index (χ1) is 16.4. The summed E-state index contributed by atoms with van der Waals surface area (Å²) >= 11 is 0. The number of pyridine rings is 2. The van der Waals surface area contributed by atoms with E-state index in [1.165, 1.54) is 17.8 Å². The summed E-state index contributed by atoms with van der Waals surface area (Å²) in [5, 5.41) is 0. The summed E-state index contributed by atoms with van der Waals surface area (Å²) in [7, 11) is 1.68. The number of ether oxygens (including phenoxy) is 2. The Labute approximate surface area is 199 Å². The van der Waals surface area contributed by atoms with Crippen LogP contribution in [0.3, 0.4) is 0 Å². The number of rotatable bonds is 10. The van der Waals surface area contributed by atoms with E-state index in [2.05, 4.69) is 40.8 Å². The molecule has 0 bridgehead atoms. The van der Waals surface area contributed by atoms with Gasteiger partial charge in [-0.05, 0) is 60.7 Å². The molecule has 5 nitrogen and oxygen atoms in total. The van der Waals surface area contributed by atoms with Gasteiger partial charge in [-0.15, -0.1) is 0 Å². The standard InChI is InChI=1S/C27H31F2N3O2/c1-19(2)15-27(11-13-32(27)17-20-4-6-22(33-3)7-5-20)18-34-23-8-9-24(31-16-23)21-10-12-30-25(14-21)26(28)29/h4-10,12,14,16,19,26H,11,13,15,17-18H2,1-3H3. The number of nitrogens with zero attached hydrogens (tertiary/aromatic N) is 3. The predicted molar refractivity (Wildman–Crippen MR) is 128 cm³/mol. The van der Waals surface area contributed by atoms with Gasteiger partial charge >= 0.3 is 0 Å². The maximum absolute atomic E-state index is 13.0. The second kappa shape index (κ2) is 10.5. The third-order valence-electron chi connectivity index (χ3n) is 6.38. The van der Waals surface area contributed by atoms with E-state index in [1.807, 2.05) is 18.2 Å². The second-order valence-electron chi connectivity index (χ2n) is 9.28. The molecule has 0 amide bonds. The van der Waals surface area contributed by atoms with Crippen LogP contribution >= 0.6 is 0 Å². The first-order valence-electron chi connectivity index (χ1n) is 11.6. The summed E-state index contributed by atoms with van der Waals surface area (Å²) in [6.07, 6.45) is 2.56. The fourth-order valence-corrected chi connectivity index (χ4v) is 4.58. The molecule has 0 saturated carbocycles. The lowest BCUT2D eigenvalue weighted by molar-refractivity contribution is -0.0660. The van der Waals surface area contributed by atoms with Gasteiger partial charge in [-0.25, -0.2) is 8.78 Å². The van der Waals surface area contributed by atoms with Crippen LogP contribution < -0.4 is 9.47 Å². The third-order valence-corrected chi connectivity index (χ3v) is 6.38. The summed E-state index contributed by atoms with van der Waals surface area (Å²) < 4.78 is 37.4. The molecule has 1 atom stereocenters. The molecular weight excluding hydrogens is 436 g/mol. The average Bonchev–Trinajstić information content (AvgIpc) is 2.85. The van der Waals surface area contributed by atoms with Crippen LogP contribution in [0.4, 0.5) is 8.78 Å². The number of halogens is 2. The first-order valence-corrected chi connectivity index (χ1v) is 11.6. The van der Waals surface area contributed by atoms with Gasteiger partial charge in [-0.3, -0.25) is 14.9 Å². The van der Waals surface area contributed by atoms with Crippen molar-refractivity contribution in [3.8, 4) is 22.8 Å². The number of methoxy groups -OCH3 is 1. The molecule has 0 N–H and O–H groups in total. The number of aromatic nitrogens is 2. The summed E-state index contributed by atoms with van der Waals surface area (Å²) in [4.78, 5) is 10.6. The van der Waals surface area contributed by atoms with Crippen LogP contribution in [-0.2, 0) is 6.54 Å². The topological polar surface area (TPSA) is 47.5 Å². The lowest BCUT2D eigenvalue weighted by atomic mass is 9.78. The van der Waals surface area contributed by atoms with Crippen molar-refractivity contribution in [2.24, 2.45) is 5.92 Å². The van der Waals surface area contributed by atoms with Crippen molar-refractivity contribution in [3.05, 3.63) is 72.2 Å². The van der Waals surface area contributed by atoms with Gasteiger partial charge in [0, 0.05) is 24.8 Å². The van der Waals surface area contributed by atoms with E-state index < -0.39 is 6.43 Å². The minimum Gasteiger partial charge on any atom is -0.497 e. The Morgan fingerprint density at radius 2 is 1.79 bits per heavy atom. The molecule has 1 aliphatic heterocycles. The largest absolute Gasteiger partial charge is 0.497 e. The van der Waals surface area contributed by atoms with Crippen LogP contribution in [0, 0.1) is 5.92 Å². The fourth-order valence-electron chi connectivity index (χ4n) is 4.58. The molecule has 180 valence electrons. The Balaban J connectivity index is 1.43. The Hall–Kier alpha value is -3.06. The molecule has 3 heterocycles. The highest BCUT2D eigenvalue weighted by Crippen LogP contribution is 2.38. The highest BCUT2D eigenvalue weighted by Gasteiger charge is 2.45. The summed E-state index contributed by atoms with van der Waals surface area (Å²) in [5.41, 5.74) is 2.19. The van der Waals surface area contributed by atoms with E-state index in [9.17, 15) is 8.78 Å². The van der Waals surface area contributed by atoms with Crippen LogP contribution in [0.15, 0.2) is 60.9 Å². The molecule has 1 saturated heterocycles. The number of hydrogen-bond acceptors (Lipinski definition) is 5. The lowest BCUT2D eigenvalue weighted by Gasteiger charge is -2.53. The van der Waals surface area contributed by atoms with Gasteiger partial charge in [0.25, 0.3) is 6.43 Å². The van der Waals surface area contributed by atoms with Crippen molar-refractivity contribution >= 4 is 0 Å². The van der Waals surface area contributed by atoms with Gasteiger partial charge in [-0.1, -0.05) is 26.0 Å². The molecule has 3 aromatic rings. The van der Waals surface area contributed by atoms with E-state index in [1.54, 1.807) is 25.4 Å². The van der Waals surface area contributed by atoms with E-state index in [-0.39, 0.29) is 11.2 Å². The predicted octanol–water partition coefficient (Wildman–Crippen LogP) is 6.16. The van der Waals surface area contributed by atoms with Gasteiger partial charge in [0.05, 0.1) is 24.5 Å². The lowest BCUT2D eigenvalue weighted by Crippen LogP contribution is -2.63. The van der Waals surface area contributed by atoms with E-state index in [0.717, 1.165) is 31.7 Å². The van der Waals surface area contributed by atoms with Crippen molar-refractivity contribution < 1.29 is 18.3 Å². The van der Waals surface area contributed by atoms with Gasteiger partial charge in [0.1, 0.15) is 23.8 Å². The molecule has 34 heavy (non-hydrogen) atoms. The molecule has 1 fully saturated rings. The maximum atomic E-state index is 13.0. The average molecular weight is 468 g/mol. The Kier molecular flexibility index (Phi) is 7.41. The minimum absolute atomic E-state index is 0.0238. The Morgan fingerprint density at radius 3 is 2.38 bits per heavy atom. The van der Waals surface area contributed by atoms with E-state index in [0.29, 0.717) is 29.5 Å². The molecule has 0 spiro atoms. The molecule has 1 aromatic carbocycles. The smallest absolute Gasteiger partial charge is 0.280 e. The molecule has 2 aromatic heterocycles. The Bertz CT molecular complexity index is 1070. The molecule has 4 rings (SSSR count). The first kappa shape index (κ1) is 24.1. The van der Waals surface area contributed by atoms with Gasteiger partial charge in [-0.2, -0.15) is 0 Å². The highest BCUT2D eigenvalue weighted by molar-refractivity contribution is 5.59. The number of likely N-dealkylation sites (tertiary alicyclic amines) is 1. The molecule has 1 unspecified atom stereocenters. The number of hydrogen-bond donors (Lipinski definition) is 0. The molecule has 7 heteroatoms. The molecule has 0 radical (unpaired) electrons. The van der Waals surface area contributed by atoms with Gasteiger partial charge in [0.2, 0.25) is 0 Å². The Morgan fingerprint density at radius 1 is 1.03 bits per heavy atom. The fraction of sp³-hybridized carbons (Fsp3) is 0.407. The van der Waals surface area contributed by atoms with Gasteiger partial charge in [0.15, 0.2) is 0 Å². The van der Waals surface area contributed by atoms with Crippen molar-refractivity contribution in [1.82, 2.24) is 14.9 Å². The second-order valence-corrected chi connectivity index (χ2v) is 9.28. The zero-order valence-corrected chi connectivity index (χ0v) is 19.9. The highest BCUT2D eigenvalue weighted by atomic mass is 19.3. The zero-order chi connectivity index (χ0) is 24.1. The number of alkyl halides is 2. The maximum Gasteiger partial charge on any atom is 0.280 e. The van der Waals surface area contributed by atoms with E-state index >= 15 is 0 Å². The van der Waals surface area contributed by atoms with Crippen molar-refractivity contribution in [2.75, 3.05) is 20.3 Å².